The lowest BCUT2D eigenvalue weighted by Gasteiger charge is -2.21. The molecule has 0 bridgehead atoms. The molecule has 0 aromatic heterocycles. The first-order valence-electron chi connectivity index (χ1n) is 6.19. The number of likely N-dealkylation sites (tertiary alicyclic amines) is 1. The van der Waals surface area contributed by atoms with Gasteiger partial charge in [-0.05, 0) is 32.9 Å². The summed E-state index contributed by atoms with van der Waals surface area (Å²) in [6.07, 6.45) is 7.32. The summed E-state index contributed by atoms with van der Waals surface area (Å²) in [7, 11) is 4.01. The Labute approximate surface area is 99.1 Å². The zero-order valence-corrected chi connectivity index (χ0v) is 10.8. The van der Waals surface area contributed by atoms with Crippen LogP contribution in [0, 0.1) is 5.92 Å². The van der Waals surface area contributed by atoms with Crippen molar-refractivity contribution in [1.82, 2.24) is 9.80 Å². The fourth-order valence-corrected chi connectivity index (χ4v) is 2.02. The van der Waals surface area contributed by atoms with Crippen molar-refractivity contribution in [2.45, 2.75) is 26.2 Å². The topological polar surface area (TPSA) is 23.6 Å². The minimum absolute atomic E-state index is 0.176. The van der Waals surface area contributed by atoms with Crippen LogP contribution in [0.4, 0.5) is 0 Å². The first-order valence-corrected chi connectivity index (χ1v) is 6.19. The Balaban J connectivity index is 2.42. The Morgan fingerprint density at radius 2 is 2.19 bits per heavy atom. The van der Waals surface area contributed by atoms with Crippen LogP contribution in [0.5, 0.6) is 0 Å². The fraction of sp³-hybridized carbons (Fsp3) is 0.769. The van der Waals surface area contributed by atoms with Crippen molar-refractivity contribution >= 4 is 5.91 Å². The van der Waals surface area contributed by atoms with E-state index in [4.69, 9.17) is 0 Å². The highest BCUT2D eigenvalue weighted by molar-refractivity contribution is 5.87. The van der Waals surface area contributed by atoms with Gasteiger partial charge in [-0.1, -0.05) is 19.4 Å². The summed E-state index contributed by atoms with van der Waals surface area (Å²) >= 11 is 0. The molecule has 0 unspecified atom stereocenters. The first-order chi connectivity index (χ1) is 7.59. The Bertz CT molecular complexity index is 248. The third kappa shape index (κ3) is 4.79. The summed E-state index contributed by atoms with van der Waals surface area (Å²) in [5.74, 6) is 0.823. The lowest BCUT2D eigenvalue weighted by molar-refractivity contribution is -0.126. The van der Waals surface area contributed by atoms with Crippen LogP contribution < -0.4 is 0 Å². The van der Waals surface area contributed by atoms with Gasteiger partial charge in [-0.2, -0.15) is 0 Å². The summed E-state index contributed by atoms with van der Waals surface area (Å²) in [5, 5.41) is 0. The number of hydrogen-bond acceptors (Lipinski definition) is 2. The van der Waals surface area contributed by atoms with Crippen molar-refractivity contribution in [3.63, 3.8) is 0 Å². The van der Waals surface area contributed by atoms with Gasteiger partial charge in [0.25, 0.3) is 0 Å². The van der Waals surface area contributed by atoms with Gasteiger partial charge in [0.1, 0.15) is 0 Å². The fourth-order valence-electron chi connectivity index (χ4n) is 2.02. The van der Waals surface area contributed by atoms with Crippen molar-refractivity contribution in [2.24, 2.45) is 5.92 Å². The van der Waals surface area contributed by atoms with E-state index >= 15 is 0 Å². The standard InChI is InChI=1S/C13H24N2O/c1-12-7-4-5-10-15(11-12)13(16)8-6-9-14(2)3/h6,8,12H,4-5,7,9-11H2,1-3H3/b8-6+/t12-/m1/s1. The van der Waals surface area contributed by atoms with E-state index in [2.05, 4.69) is 11.8 Å². The Kier molecular flexibility index (Phi) is 5.53. The summed E-state index contributed by atoms with van der Waals surface area (Å²) in [4.78, 5) is 15.9. The summed E-state index contributed by atoms with van der Waals surface area (Å²) in [5.41, 5.74) is 0. The van der Waals surface area contributed by atoms with E-state index in [-0.39, 0.29) is 5.91 Å². The molecule has 0 saturated carbocycles. The second kappa shape index (κ2) is 6.69. The van der Waals surface area contributed by atoms with Gasteiger partial charge in [-0.25, -0.2) is 0 Å². The molecular formula is C13H24N2O. The average Bonchev–Trinajstić information content (AvgIpc) is 2.42. The van der Waals surface area contributed by atoms with E-state index in [0.29, 0.717) is 5.92 Å². The molecule has 0 aromatic rings. The molecule has 1 rings (SSSR count). The maximum Gasteiger partial charge on any atom is 0.246 e. The molecule has 0 radical (unpaired) electrons. The maximum atomic E-state index is 11.9. The number of nitrogens with zero attached hydrogens (tertiary/aromatic N) is 2. The van der Waals surface area contributed by atoms with Gasteiger partial charge >= 0.3 is 0 Å². The molecule has 16 heavy (non-hydrogen) atoms. The van der Waals surface area contributed by atoms with E-state index in [9.17, 15) is 4.79 Å². The van der Waals surface area contributed by atoms with Crippen LogP contribution in [-0.2, 0) is 4.79 Å². The number of amides is 1. The van der Waals surface area contributed by atoms with Gasteiger partial charge in [0.2, 0.25) is 5.91 Å². The van der Waals surface area contributed by atoms with Gasteiger partial charge < -0.3 is 9.80 Å². The van der Waals surface area contributed by atoms with Gasteiger partial charge in [0, 0.05) is 25.7 Å². The van der Waals surface area contributed by atoms with E-state index in [1.165, 1.54) is 12.8 Å². The molecule has 3 heteroatoms. The molecule has 0 N–H and O–H groups in total. The minimum atomic E-state index is 0.176. The molecule has 1 amide bonds. The van der Waals surface area contributed by atoms with Crippen LogP contribution in [0.25, 0.3) is 0 Å². The number of carbonyl (C=O) groups is 1. The van der Waals surface area contributed by atoms with Gasteiger partial charge in [-0.3, -0.25) is 4.79 Å². The molecule has 1 heterocycles. The third-order valence-electron chi connectivity index (χ3n) is 2.95. The number of likely N-dealkylation sites (N-methyl/N-ethyl adjacent to an activating group) is 1. The zero-order chi connectivity index (χ0) is 12.0. The molecule has 1 atom stereocenters. The number of carbonyl (C=O) groups excluding carboxylic acids is 1. The molecule has 1 aliphatic heterocycles. The molecule has 0 aliphatic carbocycles. The highest BCUT2D eigenvalue weighted by Gasteiger charge is 2.17. The molecule has 92 valence electrons. The number of rotatable bonds is 3. The second-order valence-electron chi connectivity index (χ2n) is 5.05. The predicted molar refractivity (Wildman–Crippen MR) is 67.3 cm³/mol. The van der Waals surface area contributed by atoms with Crippen LogP contribution in [0.3, 0.4) is 0 Å². The number of hydrogen-bond donors (Lipinski definition) is 0. The van der Waals surface area contributed by atoms with Crippen LogP contribution in [-0.4, -0.2) is 49.4 Å². The molecule has 1 fully saturated rings. The Morgan fingerprint density at radius 1 is 1.44 bits per heavy atom. The summed E-state index contributed by atoms with van der Waals surface area (Å²) in [6, 6.07) is 0. The molecular weight excluding hydrogens is 200 g/mol. The monoisotopic (exact) mass is 224 g/mol. The van der Waals surface area contributed by atoms with Crippen LogP contribution in [0.2, 0.25) is 0 Å². The van der Waals surface area contributed by atoms with Crippen LogP contribution in [0.15, 0.2) is 12.2 Å². The van der Waals surface area contributed by atoms with Gasteiger partial charge in [0.05, 0.1) is 0 Å². The normalized spacial score (nSPS) is 22.8. The Morgan fingerprint density at radius 3 is 2.88 bits per heavy atom. The van der Waals surface area contributed by atoms with Crippen molar-refractivity contribution in [1.29, 1.82) is 0 Å². The van der Waals surface area contributed by atoms with Gasteiger partial charge in [0.15, 0.2) is 0 Å². The largest absolute Gasteiger partial charge is 0.339 e. The van der Waals surface area contributed by atoms with E-state index in [0.717, 1.165) is 26.1 Å². The quantitative estimate of drug-likeness (QED) is 0.682. The lowest BCUT2D eigenvalue weighted by atomic mass is 10.1. The van der Waals surface area contributed by atoms with Crippen molar-refractivity contribution in [3.05, 3.63) is 12.2 Å². The highest BCUT2D eigenvalue weighted by atomic mass is 16.2. The molecule has 0 aromatic carbocycles. The smallest absolute Gasteiger partial charge is 0.246 e. The SMILES string of the molecule is C[C@@H]1CCCCN(C(=O)/C=C/CN(C)C)C1. The van der Waals surface area contributed by atoms with Crippen molar-refractivity contribution < 1.29 is 4.79 Å². The van der Waals surface area contributed by atoms with E-state index in [1.807, 2.05) is 25.1 Å². The molecule has 0 spiro atoms. The summed E-state index contributed by atoms with van der Waals surface area (Å²) < 4.78 is 0. The molecule has 1 aliphatic rings. The van der Waals surface area contributed by atoms with Crippen molar-refractivity contribution in [3.8, 4) is 0 Å². The highest BCUT2D eigenvalue weighted by Crippen LogP contribution is 2.15. The van der Waals surface area contributed by atoms with E-state index in [1.54, 1.807) is 6.08 Å². The predicted octanol–water partition coefficient (Wildman–Crippen LogP) is 1.75. The zero-order valence-electron chi connectivity index (χ0n) is 10.8. The van der Waals surface area contributed by atoms with Crippen LogP contribution >= 0.6 is 0 Å². The Hall–Kier alpha value is -0.830. The van der Waals surface area contributed by atoms with Gasteiger partial charge in [-0.15, -0.1) is 0 Å². The third-order valence-corrected chi connectivity index (χ3v) is 2.95. The van der Waals surface area contributed by atoms with Crippen molar-refractivity contribution in [2.75, 3.05) is 33.7 Å². The first kappa shape index (κ1) is 13.2. The summed E-state index contributed by atoms with van der Waals surface area (Å²) in [6.45, 7) is 4.91. The maximum absolute atomic E-state index is 11.9. The molecule has 3 nitrogen and oxygen atoms in total. The van der Waals surface area contributed by atoms with E-state index < -0.39 is 0 Å². The lowest BCUT2D eigenvalue weighted by Crippen LogP contribution is -2.32. The average molecular weight is 224 g/mol. The minimum Gasteiger partial charge on any atom is -0.339 e. The van der Waals surface area contributed by atoms with Crippen LogP contribution in [0.1, 0.15) is 26.2 Å². The molecule has 1 saturated heterocycles. The second-order valence-corrected chi connectivity index (χ2v) is 5.05.